The molecule has 0 bridgehead atoms. The molecule has 1 aromatic heterocycles. The predicted molar refractivity (Wildman–Crippen MR) is 85.9 cm³/mol. The number of benzene rings is 2. The van der Waals surface area contributed by atoms with Gasteiger partial charge in [0, 0.05) is 6.42 Å². The van der Waals surface area contributed by atoms with Crippen molar-refractivity contribution in [3.05, 3.63) is 59.5 Å². The van der Waals surface area contributed by atoms with E-state index in [1.807, 2.05) is 24.3 Å². The molecule has 5 heteroatoms. The quantitative estimate of drug-likeness (QED) is 0.779. The third-order valence-corrected chi connectivity index (χ3v) is 3.84. The van der Waals surface area contributed by atoms with Crippen molar-refractivity contribution in [2.45, 2.75) is 19.3 Å². The zero-order valence-corrected chi connectivity index (χ0v) is 12.9. The molecule has 118 valence electrons. The van der Waals surface area contributed by atoms with E-state index < -0.39 is 11.9 Å². The highest BCUT2D eigenvalue weighted by molar-refractivity contribution is 5.79. The van der Waals surface area contributed by atoms with Crippen molar-refractivity contribution in [1.29, 1.82) is 0 Å². The number of hydrogen-bond acceptors (Lipinski definition) is 4. The van der Waals surface area contributed by atoms with Gasteiger partial charge < -0.3 is 14.3 Å². The smallest absolute Gasteiger partial charge is 0.310 e. The van der Waals surface area contributed by atoms with Crippen LogP contribution in [0.5, 0.6) is 5.75 Å². The Morgan fingerprint density at radius 2 is 2.00 bits per heavy atom. The summed E-state index contributed by atoms with van der Waals surface area (Å²) >= 11 is 0. The van der Waals surface area contributed by atoms with Crippen molar-refractivity contribution in [1.82, 2.24) is 4.98 Å². The number of carbonyl (C=O) groups is 1. The highest BCUT2D eigenvalue weighted by Gasteiger charge is 2.15. The summed E-state index contributed by atoms with van der Waals surface area (Å²) in [6.07, 6.45) is 0.572. The third-order valence-electron chi connectivity index (χ3n) is 3.84. The summed E-state index contributed by atoms with van der Waals surface area (Å²) in [5.74, 6) is -0.0271. The number of ether oxygens (including phenoxy) is 1. The first-order valence-electron chi connectivity index (χ1n) is 7.32. The van der Waals surface area contributed by atoms with Crippen LogP contribution in [0.3, 0.4) is 0 Å². The van der Waals surface area contributed by atoms with E-state index in [9.17, 15) is 4.79 Å². The van der Waals surface area contributed by atoms with Crippen LogP contribution in [0.4, 0.5) is 0 Å². The van der Waals surface area contributed by atoms with Crippen LogP contribution in [0, 0.1) is 0 Å². The standard InChI is InChI=1S/C18H17NO4/c1-11(18(20)21)13-5-8-15-16(10-13)23-17(19-15)9-12-3-6-14(22-2)7-4-12/h3-8,10-11H,9H2,1-2H3,(H,20,21). The average molecular weight is 311 g/mol. The fraction of sp³-hybridized carbons (Fsp3) is 0.222. The monoisotopic (exact) mass is 311 g/mol. The van der Waals surface area contributed by atoms with Gasteiger partial charge in [0.2, 0.25) is 0 Å². The molecule has 0 saturated heterocycles. The van der Waals surface area contributed by atoms with Gasteiger partial charge in [-0.1, -0.05) is 18.2 Å². The summed E-state index contributed by atoms with van der Waals surface area (Å²) < 4.78 is 10.9. The van der Waals surface area contributed by atoms with Crippen molar-refractivity contribution < 1.29 is 19.1 Å². The van der Waals surface area contributed by atoms with E-state index in [0.29, 0.717) is 23.5 Å². The summed E-state index contributed by atoms with van der Waals surface area (Å²) in [6.45, 7) is 1.65. The Labute approximate surface area is 133 Å². The molecule has 0 fully saturated rings. The molecule has 2 aromatic carbocycles. The van der Waals surface area contributed by atoms with Crippen LogP contribution in [-0.4, -0.2) is 23.2 Å². The van der Waals surface area contributed by atoms with E-state index in [2.05, 4.69) is 4.98 Å². The highest BCUT2D eigenvalue weighted by atomic mass is 16.5. The molecule has 1 unspecified atom stereocenters. The van der Waals surface area contributed by atoms with E-state index in [1.165, 1.54) is 0 Å². The molecule has 23 heavy (non-hydrogen) atoms. The Hall–Kier alpha value is -2.82. The molecule has 0 saturated carbocycles. The lowest BCUT2D eigenvalue weighted by Gasteiger charge is -2.04. The Balaban J connectivity index is 1.85. The molecule has 5 nitrogen and oxygen atoms in total. The van der Waals surface area contributed by atoms with Crippen molar-refractivity contribution in [2.75, 3.05) is 7.11 Å². The van der Waals surface area contributed by atoms with Crippen molar-refractivity contribution in [3.63, 3.8) is 0 Å². The maximum atomic E-state index is 11.1. The number of carboxylic acids is 1. The Kier molecular flexibility index (Phi) is 4.02. The zero-order chi connectivity index (χ0) is 16.4. The Morgan fingerprint density at radius 1 is 1.26 bits per heavy atom. The van der Waals surface area contributed by atoms with E-state index in [0.717, 1.165) is 16.8 Å². The van der Waals surface area contributed by atoms with Crippen LogP contribution in [0.1, 0.15) is 29.9 Å². The van der Waals surface area contributed by atoms with Gasteiger partial charge in [-0.25, -0.2) is 4.98 Å². The fourth-order valence-corrected chi connectivity index (χ4v) is 2.39. The van der Waals surface area contributed by atoms with E-state index in [4.69, 9.17) is 14.3 Å². The van der Waals surface area contributed by atoms with Crippen LogP contribution in [0.25, 0.3) is 11.1 Å². The van der Waals surface area contributed by atoms with Gasteiger partial charge in [0.15, 0.2) is 11.5 Å². The first-order chi connectivity index (χ1) is 11.1. The molecule has 3 aromatic rings. The van der Waals surface area contributed by atoms with Crippen molar-refractivity contribution in [3.8, 4) is 5.75 Å². The van der Waals surface area contributed by atoms with Crippen molar-refractivity contribution in [2.24, 2.45) is 0 Å². The van der Waals surface area contributed by atoms with Gasteiger partial charge in [0.25, 0.3) is 0 Å². The molecule has 0 aliphatic heterocycles. The summed E-state index contributed by atoms with van der Waals surface area (Å²) in [4.78, 5) is 15.5. The second-order valence-electron chi connectivity index (χ2n) is 5.42. The van der Waals surface area contributed by atoms with Crippen LogP contribution < -0.4 is 4.74 Å². The molecular formula is C18H17NO4. The zero-order valence-electron chi connectivity index (χ0n) is 12.9. The maximum Gasteiger partial charge on any atom is 0.310 e. The predicted octanol–water partition coefficient (Wildman–Crippen LogP) is 3.62. The first kappa shape index (κ1) is 15.1. The largest absolute Gasteiger partial charge is 0.497 e. The van der Waals surface area contributed by atoms with Gasteiger partial charge in [-0.15, -0.1) is 0 Å². The maximum absolute atomic E-state index is 11.1. The second kappa shape index (κ2) is 6.12. The van der Waals surface area contributed by atoms with Crippen LogP contribution in [0.15, 0.2) is 46.9 Å². The molecule has 0 aliphatic carbocycles. The van der Waals surface area contributed by atoms with Crippen LogP contribution >= 0.6 is 0 Å². The molecule has 0 aliphatic rings. The molecule has 1 N–H and O–H groups in total. The number of methoxy groups -OCH3 is 1. The molecule has 0 spiro atoms. The molecular weight excluding hydrogens is 294 g/mol. The number of aliphatic carboxylic acids is 1. The normalized spacial score (nSPS) is 12.3. The SMILES string of the molecule is COc1ccc(Cc2nc3ccc(C(C)C(=O)O)cc3o2)cc1. The lowest BCUT2D eigenvalue weighted by molar-refractivity contribution is -0.138. The van der Waals surface area contributed by atoms with Crippen LogP contribution in [-0.2, 0) is 11.2 Å². The Bertz CT molecular complexity index is 836. The summed E-state index contributed by atoms with van der Waals surface area (Å²) in [5, 5.41) is 9.09. The lowest BCUT2D eigenvalue weighted by Crippen LogP contribution is -2.06. The minimum atomic E-state index is -0.859. The molecule has 1 atom stereocenters. The first-order valence-corrected chi connectivity index (χ1v) is 7.32. The van der Waals surface area contributed by atoms with E-state index >= 15 is 0 Å². The molecule has 0 amide bonds. The minimum absolute atomic E-state index is 0.572. The molecule has 3 rings (SSSR count). The van der Waals surface area contributed by atoms with Gasteiger partial charge in [-0.05, 0) is 42.3 Å². The number of fused-ring (bicyclic) bond motifs is 1. The van der Waals surface area contributed by atoms with Crippen molar-refractivity contribution >= 4 is 17.1 Å². The van der Waals surface area contributed by atoms with Crippen LogP contribution in [0.2, 0.25) is 0 Å². The average Bonchev–Trinajstić information content (AvgIpc) is 2.96. The fourth-order valence-electron chi connectivity index (χ4n) is 2.39. The van der Waals surface area contributed by atoms with E-state index in [1.54, 1.807) is 32.2 Å². The Morgan fingerprint density at radius 3 is 2.65 bits per heavy atom. The van der Waals surface area contributed by atoms with Gasteiger partial charge in [0.1, 0.15) is 11.3 Å². The molecule has 1 heterocycles. The topological polar surface area (TPSA) is 72.6 Å². The van der Waals surface area contributed by atoms with E-state index in [-0.39, 0.29) is 0 Å². The number of aromatic nitrogens is 1. The highest BCUT2D eigenvalue weighted by Crippen LogP contribution is 2.24. The third kappa shape index (κ3) is 3.18. The van der Waals surface area contributed by atoms with Gasteiger partial charge in [-0.2, -0.15) is 0 Å². The van der Waals surface area contributed by atoms with Gasteiger partial charge in [-0.3, -0.25) is 4.79 Å². The number of hydrogen-bond donors (Lipinski definition) is 1. The number of carboxylic acid groups (broad SMARTS) is 1. The second-order valence-corrected chi connectivity index (χ2v) is 5.42. The number of rotatable bonds is 5. The molecule has 0 radical (unpaired) electrons. The minimum Gasteiger partial charge on any atom is -0.497 e. The number of nitrogens with zero attached hydrogens (tertiary/aromatic N) is 1. The summed E-state index contributed by atoms with van der Waals surface area (Å²) in [6, 6.07) is 13.0. The number of oxazole rings is 1. The van der Waals surface area contributed by atoms with Gasteiger partial charge in [0.05, 0.1) is 13.0 Å². The summed E-state index contributed by atoms with van der Waals surface area (Å²) in [7, 11) is 1.63. The lowest BCUT2D eigenvalue weighted by atomic mass is 10.0. The van der Waals surface area contributed by atoms with Gasteiger partial charge >= 0.3 is 5.97 Å². The summed E-state index contributed by atoms with van der Waals surface area (Å²) in [5.41, 5.74) is 3.11.